The maximum atomic E-state index is 12.5. The Balaban J connectivity index is 1.46. The Kier molecular flexibility index (Phi) is 7.75. The number of benzene rings is 2. The van der Waals surface area contributed by atoms with Crippen molar-refractivity contribution in [2.24, 2.45) is 4.99 Å². The van der Waals surface area contributed by atoms with Crippen LogP contribution in [0.25, 0.3) is 0 Å². The molecule has 2 aromatic rings. The number of guanidine groups is 1. The summed E-state index contributed by atoms with van der Waals surface area (Å²) in [6.07, 6.45) is 0. The number of carbonyl (C=O) groups excluding carboxylic acids is 2. The monoisotopic (exact) mass is 490 g/mol. The van der Waals surface area contributed by atoms with Crippen LogP contribution in [0.4, 0.5) is 11.4 Å². The number of esters is 1. The molecule has 0 bridgehead atoms. The first kappa shape index (κ1) is 24.6. The highest BCUT2D eigenvalue weighted by atomic mass is 32.2. The fraction of sp³-hybridized carbons (Fsp3) is 0.250. The lowest BCUT2D eigenvalue weighted by Gasteiger charge is -2.26. The zero-order valence-corrected chi connectivity index (χ0v) is 18.9. The normalized spacial score (nSPS) is 13.9. The number of carbonyl (C=O) groups is 2. The van der Waals surface area contributed by atoms with Crippen molar-refractivity contribution >= 4 is 39.2 Å². The topological polar surface area (TPSA) is 172 Å². The lowest BCUT2D eigenvalue weighted by Crippen LogP contribution is -2.50. The molecular weight excluding hydrogens is 468 g/mol. The Morgan fingerprint density at radius 2 is 1.85 bits per heavy atom. The van der Waals surface area contributed by atoms with Gasteiger partial charge >= 0.3 is 5.97 Å². The highest BCUT2D eigenvalue weighted by molar-refractivity contribution is 7.90. The Morgan fingerprint density at radius 1 is 1.18 bits per heavy atom. The number of aliphatic imine (C=N–C) groups is 1. The van der Waals surface area contributed by atoms with Crippen LogP contribution in [0.5, 0.6) is 0 Å². The molecule has 0 radical (unpaired) electrons. The smallest absolute Gasteiger partial charge is 0.338 e. The Morgan fingerprint density at radius 3 is 2.41 bits per heavy atom. The van der Waals surface area contributed by atoms with Crippen LogP contribution >= 0.6 is 0 Å². The van der Waals surface area contributed by atoms with Gasteiger partial charge in [-0.25, -0.2) is 22.9 Å². The molecule has 2 aromatic carbocycles. The van der Waals surface area contributed by atoms with Crippen molar-refractivity contribution in [3.63, 3.8) is 0 Å². The number of nitro groups is 1. The number of sulfonamides is 1. The number of hydrogen-bond acceptors (Lipinski definition) is 10. The summed E-state index contributed by atoms with van der Waals surface area (Å²) in [6, 6.07) is 10.8. The van der Waals surface area contributed by atoms with E-state index in [0.717, 1.165) is 0 Å². The summed E-state index contributed by atoms with van der Waals surface area (Å²) in [7, 11) is -3.88. The number of nitro benzene ring substituents is 1. The largest absolute Gasteiger partial charge is 0.461 e. The highest BCUT2D eigenvalue weighted by Crippen LogP contribution is 2.14. The van der Waals surface area contributed by atoms with Crippen LogP contribution in [0.2, 0.25) is 0 Å². The molecule has 0 fully saturated rings. The van der Waals surface area contributed by atoms with Gasteiger partial charge in [-0.3, -0.25) is 19.8 Å². The van der Waals surface area contributed by atoms with Crippen LogP contribution in [0.3, 0.4) is 0 Å². The fourth-order valence-corrected chi connectivity index (χ4v) is 3.86. The molecule has 0 aromatic heterocycles. The Bertz CT molecular complexity index is 1200. The summed E-state index contributed by atoms with van der Waals surface area (Å²) < 4.78 is 32.6. The fourth-order valence-electron chi connectivity index (χ4n) is 2.86. The van der Waals surface area contributed by atoms with Gasteiger partial charge in [-0.15, -0.1) is 0 Å². The lowest BCUT2D eigenvalue weighted by molar-refractivity contribution is -0.384. The number of rotatable bonds is 8. The molecule has 1 amide bonds. The molecule has 0 unspecified atom stereocenters. The summed E-state index contributed by atoms with van der Waals surface area (Å²) in [4.78, 5) is 39.1. The van der Waals surface area contributed by atoms with E-state index in [0.29, 0.717) is 12.2 Å². The molecule has 0 saturated carbocycles. The molecule has 1 aliphatic heterocycles. The van der Waals surface area contributed by atoms with Gasteiger partial charge < -0.3 is 15.4 Å². The molecule has 0 saturated heterocycles. The van der Waals surface area contributed by atoms with Crippen molar-refractivity contribution in [3.8, 4) is 0 Å². The third-order valence-electron chi connectivity index (χ3n) is 4.57. The van der Waals surface area contributed by atoms with E-state index in [2.05, 4.69) is 20.3 Å². The number of nitrogens with one attached hydrogen (secondary N) is 3. The Hall–Kier alpha value is -4.04. The molecule has 0 aliphatic carbocycles. The van der Waals surface area contributed by atoms with E-state index in [-0.39, 0.29) is 48.0 Å². The van der Waals surface area contributed by atoms with E-state index in [9.17, 15) is 28.1 Å². The van der Waals surface area contributed by atoms with Gasteiger partial charge in [0.1, 0.15) is 6.61 Å². The summed E-state index contributed by atoms with van der Waals surface area (Å²) >= 11 is 0. The van der Waals surface area contributed by atoms with Crippen LogP contribution in [-0.2, 0) is 19.6 Å². The zero-order chi connectivity index (χ0) is 24.7. The molecule has 13 nitrogen and oxygen atoms in total. The first-order valence-electron chi connectivity index (χ1n) is 9.97. The minimum atomic E-state index is -3.88. The van der Waals surface area contributed by atoms with Crippen molar-refractivity contribution in [3.05, 3.63) is 64.2 Å². The summed E-state index contributed by atoms with van der Waals surface area (Å²) in [5.41, 5.74) is 0.550. The highest BCUT2D eigenvalue weighted by Gasteiger charge is 2.20. The van der Waals surface area contributed by atoms with E-state index >= 15 is 0 Å². The number of hydrogen-bond donors (Lipinski definition) is 3. The maximum Gasteiger partial charge on any atom is 0.338 e. The number of amides is 1. The molecule has 0 spiro atoms. The van der Waals surface area contributed by atoms with E-state index in [4.69, 9.17) is 4.74 Å². The minimum absolute atomic E-state index is 0.00619. The van der Waals surface area contributed by atoms with Crippen molar-refractivity contribution in [2.75, 3.05) is 31.8 Å². The average Bonchev–Trinajstić information content (AvgIpc) is 2.80. The van der Waals surface area contributed by atoms with E-state index in [1.807, 2.05) is 0 Å². The third-order valence-corrected chi connectivity index (χ3v) is 5.92. The van der Waals surface area contributed by atoms with Gasteiger partial charge in [0.15, 0.2) is 0 Å². The summed E-state index contributed by atoms with van der Waals surface area (Å²) in [6.45, 7) is 2.17. The quantitative estimate of drug-likeness (QED) is 0.276. The maximum absolute atomic E-state index is 12.5. The number of non-ortho nitro benzene ring substituents is 1. The standard InChI is InChI=1S/C20H22N6O7S/c1-14(27)23-16-4-8-18(9-5-16)34(31,32)24-20-21-12-25(13-22-20)10-11-33-19(28)15-2-6-17(7-3-15)26(29)30/h2-9H,10-13H2,1H3,(H,23,27)(H2,21,22,24). The molecule has 34 heavy (non-hydrogen) atoms. The van der Waals surface area contributed by atoms with Crippen LogP contribution in [0, 0.1) is 10.1 Å². The van der Waals surface area contributed by atoms with E-state index in [1.54, 1.807) is 4.90 Å². The molecule has 3 N–H and O–H groups in total. The van der Waals surface area contributed by atoms with Gasteiger partial charge in [0.25, 0.3) is 15.7 Å². The second-order valence-electron chi connectivity index (χ2n) is 7.13. The van der Waals surface area contributed by atoms with Crippen LogP contribution in [0.1, 0.15) is 17.3 Å². The average molecular weight is 490 g/mol. The Labute approximate surface area is 195 Å². The molecule has 0 atom stereocenters. The predicted octanol–water partition coefficient (Wildman–Crippen LogP) is 0.865. The molecular formula is C20H22N6O7S. The lowest BCUT2D eigenvalue weighted by atomic mass is 10.2. The van der Waals surface area contributed by atoms with E-state index < -0.39 is 20.9 Å². The first-order valence-corrected chi connectivity index (χ1v) is 11.4. The van der Waals surface area contributed by atoms with Crippen molar-refractivity contribution in [1.82, 2.24) is 14.9 Å². The molecule has 1 heterocycles. The molecule has 3 rings (SSSR count). The number of nitrogens with zero attached hydrogens (tertiary/aromatic N) is 3. The molecule has 14 heteroatoms. The van der Waals surface area contributed by atoms with Gasteiger partial charge in [-0.2, -0.15) is 0 Å². The third kappa shape index (κ3) is 6.73. The van der Waals surface area contributed by atoms with Gasteiger partial charge in [-0.05, 0) is 36.4 Å². The second-order valence-corrected chi connectivity index (χ2v) is 8.81. The number of ether oxygens (including phenoxy) is 1. The molecule has 180 valence electrons. The summed E-state index contributed by atoms with van der Waals surface area (Å²) in [5, 5.41) is 16.1. The van der Waals surface area contributed by atoms with E-state index in [1.165, 1.54) is 55.5 Å². The SMILES string of the molecule is CC(=O)Nc1ccc(S(=O)(=O)NC2=NCN(CCOC(=O)c3ccc([N+](=O)[O-])cc3)CN2)cc1. The predicted molar refractivity (Wildman–Crippen MR) is 121 cm³/mol. The van der Waals surface area contributed by atoms with Crippen LogP contribution in [-0.4, -0.2) is 62.6 Å². The summed E-state index contributed by atoms with van der Waals surface area (Å²) in [5.74, 6) is -0.799. The number of anilines is 1. The van der Waals surface area contributed by atoms with Crippen molar-refractivity contribution in [1.29, 1.82) is 0 Å². The van der Waals surface area contributed by atoms with Crippen molar-refractivity contribution in [2.45, 2.75) is 11.8 Å². The van der Waals surface area contributed by atoms with Crippen LogP contribution < -0.4 is 15.4 Å². The van der Waals surface area contributed by atoms with Gasteiger partial charge in [0.2, 0.25) is 11.9 Å². The van der Waals surface area contributed by atoms with Gasteiger partial charge in [0.05, 0.1) is 28.7 Å². The zero-order valence-electron chi connectivity index (χ0n) is 18.1. The molecule has 1 aliphatic rings. The van der Waals surface area contributed by atoms with Gasteiger partial charge in [-0.1, -0.05) is 0 Å². The minimum Gasteiger partial charge on any atom is -0.461 e. The second kappa shape index (κ2) is 10.7. The van der Waals surface area contributed by atoms with Crippen LogP contribution in [0.15, 0.2) is 58.4 Å². The first-order chi connectivity index (χ1) is 16.1. The van der Waals surface area contributed by atoms with Crippen molar-refractivity contribution < 1.29 is 27.7 Å². The van der Waals surface area contributed by atoms with Gasteiger partial charge in [0, 0.05) is 31.3 Å².